The summed E-state index contributed by atoms with van der Waals surface area (Å²) in [6, 6.07) is 13.5. The summed E-state index contributed by atoms with van der Waals surface area (Å²) in [5, 5.41) is 2.89. The van der Waals surface area contributed by atoms with Gasteiger partial charge in [0.05, 0.1) is 24.7 Å². The van der Waals surface area contributed by atoms with Crippen LogP contribution in [0, 0.1) is 0 Å². The lowest BCUT2D eigenvalue weighted by atomic mass is 10.2. The number of anilines is 1. The number of methoxy groups -OCH3 is 1. The van der Waals surface area contributed by atoms with E-state index in [0.29, 0.717) is 11.8 Å². The number of carbonyl (C=O) groups excluding carboxylic acids is 1. The Balaban J connectivity index is 1.41. The first-order chi connectivity index (χ1) is 14.0. The molecule has 7 heteroatoms. The summed E-state index contributed by atoms with van der Waals surface area (Å²) < 4.78 is 12.9. The molecule has 7 nitrogen and oxygen atoms in total. The Kier molecular flexibility index (Phi) is 5.40. The van der Waals surface area contributed by atoms with Gasteiger partial charge in [-0.05, 0) is 56.3 Å². The number of rotatable bonds is 6. The monoisotopic (exact) mass is 394 g/mol. The Morgan fingerprint density at radius 1 is 1.14 bits per heavy atom. The maximum Gasteiger partial charge on any atom is 0.262 e. The summed E-state index contributed by atoms with van der Waals surface area (Å²) in [5.41, 5.74) is 2.73. The second-order valence-electron chi connectivity index (χ2n) is 7.46. The first kappa shape index (κ1) is 19.3. The van der Waals surface area contributed by atoms with Crippen molar-refractivity contribution in [1.82, 2.24) is 14.5 Å². The van der Waals surface area contributed by atoms with Crippen LogP contribution < -0.4 is 14.8 Å². The van der Waals surface area contributed by atoms with Crippen LogP contribution in [0.5, 0.6) is 11.5 Å². The number of benzene rings is 2. The van der Waals surface area contributed by atoms with Gasteiger partial charge in [0, 0.05) is 24.8 Å². The van der Waals surface area contributed by atoms with E-state index in [0.717, 1.165) is 47.9 Å². The number of hydrogen-bond donors (Lipinski definition) is 1. The molecular weight excluding hydrogens is 368 g/mol. The minimum atomic E-state index is -0.213. The van der Waals surface area contributed by atoms with Crippen molar-refractivity contribution in [2.24, 2.45) is 0 Å². The highest BCUT2D eigenvalue weighted by Gasteiger charge is 2.21. The molecule has 1 aromatic heterocycles. The molecule has 2 heterocycles. The Labute approximate surface area is 170 Å². The fourth-order valence-corrected chi connectivity index (χ4v) is 3.58. The third-order valence-electron chi connectivity index (χ3n) is 5.23. The van der Waals surface area contributed by atoms with E-state index in [1.54, 1.807) is 31.4 Å². The van der Waals surface area contributed by atoms with Crippen molar-refractivity contribution in [2.45, 2.75) is 33.0 Å². The van der Waals surface area contributed by atoms with E-state index < -0.39 is 0 Å². The van der Waals surface area contributed by atoms with E-state index in [1.165, 1.54) is 0 Å². The van der Waals surface area contributed by atoms with Gasteiger partial charge < -0.3 is 19.4 Å². The van der Waals surface area contributed by atoms with Crippen LogP contribution in [0.15, 0.2) is 42.5 Å². The number of ether oxygens (including phenoxy) is 2. The van der Waals surface area contributed by atoms with Crippen LogP contribution in [0.3, 0.4) is 0 Å². The second-order valence-corrected chi connectivity index (χ2v) is 7.46. The van der Waals surface area contributed by atoms with Crippen molar-refractivity contribution >= 4 is 22.6 Å². The maximum absolute atomic E-state index is 12.3. The SMILES string of the molecule is COc1ccc(OCC(=O)Nc2ccc3c(c2)nc2n3CCN(C(C)C)C2)cc1. The third-order valence-corrected chi connectivity index (χ3v) is 5.23. The molecule has 0 radical (unpaired) electrons. The molecule has 0 aliphatic carbocycles. The fraction of sp³-hybridized carbons (Fsp3) is 0.364. The molecule has 0 spiro atoms. The lowest BCUT2D eigenvalue weighted by molar-refractivity contribution is -0.118. The molecule has 0 fully saturated rings. The number of aromatic nitrogens is 2. The van der Waals surface area contributed by atoms with Gasteiger partial charge in [-0.2, -0.15) is 0 Å². The van der Waals surface area contributed by atoms with Crippen molar-refractivity contribution in [3.8, 4) is 11.5 Å². The van der Waals surface area contributed by atoms with E-state index in [1.807, 2.05) is 18.2 Å². The van der Waals surface area contributed by atoms with Crippen LogP contribution in [0.2, 0.25) is 0 Å². The second kappa shape index (κ2) is 8.13. The van der Waals surface area contributed by atoms with Crippen molar-refractivity contribution in [3.05, 3.63) is 48.3 Å². The zero-order valence-electron chi connectivity index (χ0n) is 17.0. The minimum Gasteiger partial charge on any atom is -0.497 e. The normalized spacial score (nSPS) is 14.1. The number of imidazole rings is 1. The molecule has 0 saturated carbocycles. The van der Waals surface area contributed by atoms with Gasteiger partial charge in [-0.15, -0.1) is 0 Å². The fourth-order valence-electron chi connectivity index (χ4n) is 3.58. The predicted octanol–water partition coefficient (Wildman–Crippen LogP) is 3.29. The molecule has 1 N–H and O–H groups in total. The van der Waals surface area contributed by atoms with Crippen LogP contribution in [0.1, 0.15) is 19.7 Å². The number of carbonyl (C=O) groups is 1. The van der Waals surface area contributed by atoms with Crippen molar-refractivity contribution < 1.29 is 14.3 Å². The first-order valence-corrected chi connectivity index (χ1v) is 9.83. The largest absolute Gasteiger partial charge is 0.497 e. The highest BCUT2D eigenvalue weighted by Crippen LogP contribution is 2.24. The van der Waals surface area contributed by atoms with E-state index in [9.17, 15) is 4.79 Å². The summed E-state index contributed by atoms with van der Waals surface area (Å²) in [4.78, 5) is 19.5. The Morgan fingerprint density at radius 3 is 2.62 bits per heavy atom. The minimum absolute atomic E-state index is 0.0621. The van der Waals surface area contributed by atoms with Crippen LogP contribution in [0.4, 0.5) is 5.69 Å². The van der Waals surface area contributed by atoms with E-state index >= 15 is 0 Å². The number of nitrogens with zero attached hydrogens (tertiary/aromatic N) is 3. The van der Waals surface area contributed by atoms with Gasteiger partial charge in [0.2, 0.25) is 0 Å². The molecule has 152 valence electrons. The summed E-state index contributed by atoms with van der Waals surface area (Å²) in [5.74, 6) is 2.23. The summed E-state index contributed by atoms with van der Waals surface area (Å²) in [6.45, 7) is 7.17. The average molecular weight is 394 g/mol. The maximum atomic E-state index is 12.3. The van der Waals surface area contributed by atoms with Gasteiger partial charge in [-0.1, -0.05) is 0 Å². The van der Waals surface area contributed by atoms with Gasteiger partial charge in [0.15, 0.2) is 6.61 Å². The highest BCUT2D eigenvalue weighted by molar-refractivity contribution is 5.94. The first-order valence-electron chi connectivity index (χ1n) is 9.83. The summed E-state index contributed by atoms with van der Waals surface area (Å²) in [6.07, 6.45) is 0. The number of hydrogen-bond acceptors (Lipinski definition) is 5. The van der Waals surface area contributed by atoms with Gasteiger partial charge >= 0.3 is 0 Å². The Morgan fingerprint density at radius 2 is 1.90 bits per heavy atom. The van der Waals surface area contributed by atoms with Gasteiger partial charge in [-0.25, -0.2) is 4.98 Å². The van der Waals surface area contributed by atoms with Crippen LogP contribution in [-0.4, -0.2) is 46.7 Å². The number of fused-ring (bicyclic) bond motifs is 3. The number of nitrogens with one attached hydrogen (secondary N) is 1. The topological polar surface area (TPSA) is 68.6 Å². The molecule has 1 amide bonds. The van der Waals surface area contributed by atoms with Gasteiger partial charge in [-0.3, -0.25) is 9.69 Å². The Bertz CT molecular complexity index is 1010. The quantitative estimate of drug-likeness (QED) is 0.695. The molecule has 3 aromatic rings. The van der Waals surface area contributed by atoms with E-state index in [-0.39, 0.29) is 12.5 Å². The number of amides is 1. The molecule has 0 atom stereocenters. The smallest absolute Gasteiger partial charge is 0.262 e. The van der Waals surface area contributed by atoms with Crippen LogP contribution in [-0.2, 0) is 17.9 Å². The highest BCUT2D eigenvalue weighted by atomic mass is 16.5. The zero-order chi connectivity index (χ0) is 20.4. The molecule has 29 heavy (non-hydrogen) atoms. The van der Waals surface area contributed by atoms with Crippen molar-refractivity contribution in [1.29, 1.82) is 0 Å². The molecule has 0 unspecified atom stereocenters. The van der Waals surface area contributed by atoms with E-state index in [2.05, 4.69) is 28.6 Å². The average Bonchev–Trinajstić information content (AvgIpc) is 3.09. The molecule has 2 aromatic carbocycles. The third kappa shape index (κ3) is 4.19. The molecule has 1 aliphatic rings. The summed E-state index contributed by atoms with van der Waals surface area (Å²) >= 11 is 0. The van der Waals surface area contributed by atoms with E-state index in [4.69, 9.17) is 14.5 Å². The Hall–Kier alpha value is -3.06. The van der Waals surface area contributed by atoms with Crippen LogP contribution in [0.25, 0.3) is 11.0 Å². The predicted molar refractivity (Wildman–Crippen MR) is 112 cm³/mol. The van der Waals surface area contributed by atoms with Gasteiger partial charge in [0.1, 0.15) is 17.3 Å². The molecule has 0 saturated heterocycles. The molecule has 4 rings (SSSR count). The van der Waals surface area contributed by atoms with Gasteiger partial charge in [0.25, 0.3) is 5.91 Å². The molecule has 1 aliphatic heterocycles. The van der Waals surface area contributed by atoms with Crippen molar-refractivity contribution in [2.75, 3.05) is 25.6 Å². The lowest BCUT2D eigenvalue weighted by Gasteiger charge is -2.30. The summed E-state index contributed by atoms with van der Waals surface area (Å²) in [7, 11) is 1.61. The van der Waals surface area contributed by atoms with Crippen LogP contribution >= 0.6 is 0 Å². The lowest BCUT2D eigenvalue weighted by Crippen LogP contribution is -2.38. The standard InChI is InChI=1S/C22H26N4O3/c1-15(2)25-10-11-26-20-9-4-16(12-19(20)24-21(26)13-25)23-22(27)14-29-18-7-5-17(28-3)6-8-18/h4-9,12,15H,10-11,13-14H2,1-3H3,(H,23,27). The van der Waals surface area contributed by atoms with Crippen molar-refractivity contribution in [3.63, 3.8) is 0 Å². The molecular formula is C22H26N4O3. The molecule has 0 bridgehead atoms. The zero-order valence-corrected chi connectivity index (χ0v) is 17.0.